The van der Waals surface area contributed by atoms with Gasteiger partial charge in [-0.25, -0.2) is 0 Å². The molecule has 2 aromatic carbocycles. The van der Waals surface area contributed by atoms with E-state index in [2.05, 4.69) is 0 Å². The van der Waals surface area contributed by atoms with E-state index in [4.69, 9.17) is 27.9 Å². The fourth-order valence-electron chi connectivity index (χ4n) is 2.10. The van der Waals surface area contributed by atoms with Gasteiger partial charge in [0.2, 0.25) is 0 Å². The number of fused-ring (bicyclic) bond motifs is 1. The van der Waals surface area contributed by atoms with Crippen LogP contribution in [0.3, 0.4) is 0 Å². The molecule has 100 valence electrons. The topological polar surface area (TPSA) is 26.3 Å². The summed E-state index contributed by atoms with van der Waals surface area (Å²) in [4.78, 5) is 12.4. The van der Waals surface area contributed by atoms with E-state index >= 15 is 0 Å². The van der Waals surface area contributed by atoms with Gasteiger partial charge in [-0.15, -0.1) is 0 Å². The second-order valence-corrected chi connectivity index (χ2v) is 5.21. The lowest BCUT2D eigenvalue weighted by molar-refractivity contribution is 0.100. The molecule has 1 aliphatic rings. The highest BCUT2D eigenvalue weighted by Crippen LogP contribution is 2.31. The first kappa shape index (κ1) is 13.2. The highest BCUT2D eigenvalue weighted by molar-refractivity contribution is 6.43. The summed E-state index contributed by atoms with van der Waals surface area (Å²) in [6.45, 7) is 0.235. The van der Waals surface area contributed by atoms with Gasteiger partial charge in [0.1, 0.15) is 12.4 Å². The van der Waals surface area contributed by atoms with E-state index in [1.165, 1.54) is 0 Å². The zero-order chi connectivity index (χ0) is 14.1. The van der Waals surface area contributed by atoms with E-state index in [1.54, 1.807) is 30.3 Å². The molecule has 3 rings (SSSR count). The van der Waals surface area contributed by atoms with Crippen molar-refractivity contribution in [1.82, 2.24) is 0 Å². The van der Waals surface area contributed by atoms with E-state index < -0.39 is 0 Å². The third-order valence-corrected chi connectivity index (χ3v) is 3.95. The molecule has 0 fully saturated rings. The van der Waals surface area contributed by atoms with Crippen molar-refractivity contribution in [3.8, 4) is 5.75 Å². The molecular weight excluding hydrogens is 295 g/mol. The van der Waals surface area contributed by atoms with E-state index in [0.717, 1.165) is 0 Å². The summed E-state index contributed by atoms with van der Waals surface area (Å²) in [7, 11) is 0. The molecule has 0 unspecified atom stereocenters. The quantitative estimate of drug-likeness (QED) is 0.717. The lowest BCUT2D eigenvalue weighted by atomic mass is 9.98. The van der Waals surface area contributed by atoms with Gasteiger partial charge in [0.25, 0.3) is 0 Å². The van der Waals surface area contributed by atoms with Gasteiger partial charge >= 0.3 is 0 Å². The second kappa shape index (κ2) is 5.31. The van der Waals surface area contributed by atoms with Crippen LogP contribution in [0.2, 0.25) is 10.0 Å². The summed E-state index contributed by atoms with van der Waals surface area (Å²) in [6, 6.07) is 12.5. The predicted molar refractivity (Wildman–Crippen MR) is 80.7 cm³/mol. The minimum absolute atomic E-state index is 0.0390. The molecular formula is C16H10Cl2O2. The van der Waals surface area contributed by atoms with Crippen molar-refractivity contribution in [2.75, 3.05) is 6.61 Å². The monoisotopic (exact) mass is 304 g/mol. The average molecular weight is 305 g/mol. The summed E-state index contributed by atoms with van der Waals surface area (Å²) in [5, 5.41) is 0.902. The Bertz CT molecular complexity index is 720. The van der Waals surface area contributed by atoms with Crippen LogP contribution in [-0.2, 0) is 0 Å². The van der Waals surface area contributed by atoms with Crippen molar-refractivity contribution in [2.45, 2.75) is 0 Å². The fraction of sp³-hybridized carbons (Fsp3) is 0.0625. The summed E-state index contributed by atoms with van der Waals surface area (Å²) >= 11 is 12.1. The van der Waals surface area contributed by atoms with Crippen LogP contribution in [0, 0.1) is 0 Å². The summed E-state index contributed by atoms with van der Waals surface area (Å²) in [5.41, 5.74) is 1.85. The molecule has 1 heterocycles. The van der Waals surface area contributed by atoms with Crippen molar-refractivity contribution in [1.29, 1.82) is 0 Å². The number of rotatable bonds is 1. The maximum absolute atomic E-state index is 12.4. The van der Waals surface area contributed by atoms with Gasteiger partial charge in [0, 0.05) is 5.57 Å². The molecule has 0 bridgehead atoms. The molecule has 2 nitrogen and oxygen atoms in total. The zero-order valence-electron chi connectivity index (χ0n) is 10.4. The first-order valence-corrected chi connectivity index (χ1v) is 6.83. The van der Waals surface area contributed by atoms with Gasteiger partial charge in [0.15, 0.2) is 5.78 Å². The number of hydrogen-bond acceptors (Lipinski definition) is 2. The summed E-state index contributed by atoms with van der Waals surface area (Å²) < 4.78 is 5.58. The highest BCUT2D eigenvalue weighted by Gasteiger charge is 2.22. The lowest BCUT2D eigenvalue weighted by Gasteiger charge is -2.18. The van der Waals surface area contributed by atoms with Crippen LogP contribution in [0.1, 0.15) is 15.9 Å². The summed E-state index contributed by atoms with van der Waals surface area (Å²) in [6.07, 6.45) is 1.73. The van der Waals surface area contributed by atoms with E-state index in [9.17, 15) is 4.79 Å². The van der Waals surface area contributed by atoms with Crippen molar-refractivity contribution in [3.63, 3.8) is 0 Å². The Labute approximate surface area is 126 Å². The van der Waals surface area contributed by atoms with Crippen LogP contribution in [-0.4, -0.2) is 12.4 Å². The Morgan fingerprint density at radius 3 is 2.70 bits per heavy atom. The van der Waals surface area contributed by atoms with Crippen LogP contribution in [0.4, 0.5) is 0 Å². The maximum atomic E-state index is 12.4. The average Bonchev–Trinajstić information content (AvgIpc) is 2.47. The van der Waals surface area contributed by atoms with E-state index in [-0.39, 0.29) is 12.4 Å². The van der Waals surface area contributed by atoms with Crippen molar-refractivity contribution in [3.05, 3.63) is 69.2 Å². The molecule has 0 radical (unpaired) electrons. The molecule has 0 amide bonds. The standard InChI is InChI=1S/C16H10Cl2O2/c17-13-6-3-4-10(15(13)18)8-11-9-20-14-7-2-1-5-12(14)16(11)19/h1-8H,9H2/b11-8+. The molecule has 0 aliphatic carbocycles. The Kier molecular flexibility index (Phi) is 3.51. The number of para-hydroxylation sites is 1. The van der Waals surface area contributed by atoms with E-state index in [0.29, 0.717) is 32.5 Å². The number of benzene rings is 2. The Morgan fingerprint density at radius 2 is 1.85 bits per heavy atom. The number of Topliss-reactive ketones (excluding diaryl/α,β-unsaturated/α-hetero) is 1. The number of carbonyl (C=O) groups excluding carboxylic acids is 1. The van der Waals surface area contributed by atoms with Crippen LogP contribution < -0.4 is 4.74 Å². The minimum atomic E-state index is -0.0390. The van der Waals surface area contributed by atoms with Gasteiger partial charge in [0.05, 0.1) is 15.6 Å². The van der Waals surface area contributed by atoms with Crippen molar-refractivity contribution in [2.24, 2.45) is 0 Å². The minimum Gasteiger partial charge on any atom is -0.488 e. The first-order chi connectivity index (χ1) is 9.66. The molecule has 0 saturated carbocycles. The highest BCUT2D eigenvalue weighted by atomic mass is 35.5. The SMILES string of the molecule is O=C1/C(=C/c2cccc(Cl)c2Cl)COc2ccccc21. The van der Waals surface area contributed by atoms with Crippen LogP contribution in [0.25, 0.3) is 6.08 Å². The zero-order valence-corrected chi connectivity index (χ0v) is 11.9. The van der Waals surface area contributed by atoms with Crippen LogP contribution in [0.15, 0.2) is 48.0 Å². The van der Waals surface area contributed by atoms with Gasteiger partial charge < -0.3 is 4.74 Å². The maximum Gasteiger partial charge on any atom is 0.196 e. The predicted octanol–water partition coefficient (Wildman–Crippen LogP) is 4.65. The number of carbonyl (C=O) groups is 1. The molecule has 0 saturated heterocycles. The number of ketones is 1. The fourth-order valence-corrected chi connectivity index (χ4v) is 2.46. The van der Waals surface area contributed by atoms with Gasteiger partial charge in [-0.2, -0.15) is 0 Å². The molecule has 0 N–H and O–H groups in total. The Morgan fingerprint density at radius 1 is 1.05 bits per heavy atom. The third-order valence-electron chi connectivity index (χ3n) is 3.12. The van der Waals surface area contributed by atoms with Crippen LogP contribution in [0.5, 0.6) is 5.75 Å². The van der Waals surface area contributed by atoms with Crippen LogP contribution >= 0.6 is 23.2 Å². The van der Waals surface area contributed by atoms with Gasteiger partial charge in [-0.1, -0.05) is 47.5 Å². The number of ether oxygens (including phenoxy) is 1. The van der Waals surface area contributed by atoms with Gasteiger partial charge in [-0.3, -0.25) is 4.79 Å². The third kappa shape index (κ3) is 2.33. The van der Waals surface area contributed by atoms with Gasteiger partial charge in [-0.05, 0) is 29.8 Å². The molecule has 4 heteroatoms. The normalized spacial score (nSPS) is 15.9. The second-order valence-electron chi connectivity index (χ2n) is 4.43. The van der Waals surface area contributed by atoms with E-state index in [1.807, 2.05) is 18.2 Å². The Hall–Kier alpha value is -1.77. The number of hydrogen-bond donors (Lipinski definition) is 0. The van der Waals surface area contributed by atoms with Crippen molar-refractivity contribution < 1.29 is 9.53 Å². The Balaban J connectivity index is 2.02. The molecule has 0 spiro atoms. The van der Waals surface area contributed by atoms with Crippen molar-refractivity contribution >= 4 is 35.1 Å². The molecule has 1 aliphatic heterocycles. The lowest BCUT2D eigenvalue weighted by Crippen LogP contribution is -2.18. The first-order valence-electron chi connectivity index (χ1n) is 6.08. The largest absolute Gasteiger partial charge is 0.488 e. The molecule has 20 heavy (non-hydrogen) atoms. The summed E-state index contributed by atoms with van der Waals surface area (Å²) in [5.74, 6) is 0.578. The molecule has 0 atom stereocenters. The molecule has 0 aromatic heterocycles. The molecule has 2 aromatic rings. The number of halogens is 2. The smallest absolute Gasteiger partial charge is 0.196 e.